The van der Waals surface area contributed by atoms with Gasteiger partial charge in [-0.1, -0.05) is 29.8 Å². The molecule has 1 aromatic rings. The Bertz CT molecular complexity index is 665. The molecule has 0 aromatic heterocycles. The number of rotatable bonds is 3. The quantitative estimate of drug-likeness (QED) is 0.773. The molecule has 25 heavy (non-hydrogen) atoms. The van der Waals surface area contributed by atoms with Crippen LogP contribution in [0.1, 0.15) is 39.2 Å². The van der Waals surface area contributed by atoms with Crippen molar-refractivity contribution in [2.75, 3.05) is 13.2 Å². The number of hydrogen-bond acceptors (Lipinski definition) is 3. The van der Waals surface area contributed by atoms with E-state index in [0.717, 1.165) is 18.4 Å². The number of fused-ring (bicyclic) bond motifs is 2. The summed E-state index contributed by atoms with van der Waals surface area (Å²) in [5.74, 6) is -0.155. The Balaban J connectivity index is 1.68. The average molecular weight is 347 g/mol. The van der Waals surface area contributed by atoms with Gasteiger partial charge < -0.3 is 9.47 Å². The van der Waals surface area contributed by atoms with Gasteiger partial charge in [-0.3, -0.25) is 4.90 Å². The lowest BCUT2D eigenvalue weighted by Gasteiger charge is -2.44. The highest BCUT2D eigenvalue weighted by molar-refractivity contribution is 5.70. The molecule has 1 aromatic carbocycles. The van der Waals surface area contributed by atoms with Crippen molar-refractivity contribution in [1.82, 2.24) is 4.90 Å². The summed E-state index contributed by atoms with van der Waals surface area (Å²) in [6.45, 7) is 6.62. The van der Waals surface area contributed by atoms with E-state index in [1.807, 2.05) is 32.9 Å². The highest BCUT2D eigenvalue weighted by atomic mass is 19.1. The summed E-state index contributed by atoms with van der Waals surface area (Å²) in [5.41, 5.74) is 1.49. The molecular weight excluding hydrogens is 321 g/mol. The number of carbonyl (C=O) groups is 1. The fraction of sp³-hybridized carbons (Fsp3) is 0.550. The van der Waals surface area contributed by atoms with Gasteiger partial charge in [0.05, 0.1) is 25.3 Å². The molecule has 0 spiro atoms. The summed E-state index contributed by atoms with van der Waals surface area (Å²) < 4.78 is 25.0. The first-order chi connectivity index (χ1) is 11.8. The van der Waals surface area contributed by atoms with E-state index in [1.165, 1.54) is 11.6 Å². The Morgan fingerprint density at radius 2 is 2.04 bits per heavy atom. The molecule has 1 fully saturated rings. The van der Waals surface area contributed by atoms with Crippen molar-refractivity contribution < 1.29 is 18.7 Å². The molecule has 2 bridgehead atoms. The molecule has 0 saturated carbocycles. The Hall–Kier alpha value is -1.88. The molecule has 2 unspecified atom stereocenters. The van der Waals surface area contributed by atoms with Crippen LogP contribution in [-0.2, 0) is 15.9 Å². The lowest BCUT2D eigenvalue weighted by atomic mass is 9.91. The van der Waals surface area contributed by atoms with Crippen LogP contribution in [0.4, 0.5) is 9.18 Å². The zero-order valence-corrected chi connectivity index (χ0v) is 15.1. The van der Waals surface area contributed by atoms with Gasteiger partial charge in [0.1, 0.15) is 11.4 Å². The predicted molar refractivity (Wildman–Crippen MR) is 93.9 cm³/mol. The maximum atomic E-state index is 13.8. The molecule has 5 heteroatoms. The maximum absolute atomic E-state index is 13.8. The zero-order valence-electron chi connectivity index (χ0n) is 15.1. The summed E-state index contributed by atoms with van der Waals surface area (Å²) in [6, 6.07) is 6.79. The van der Waals surface area contributed by atoms with Crippen LogP contribution in [0.25, 0.3) is 0 Å². The van der Waals surface area contributed by atoms with Gasteiger partial charge in [0, 0.05) is 0 Å². The van der Waals surface area contributed by atoms with Gasteiger partial charge in [0.25, 0.3) is 0 Å². The largest absolute Gasteiger partial charge is 0.444 e. The highest BCUT2D eigenvalue weighted by Gasteiger charge is 2.39. The fourth-order valence-electron chi connectivity index (χ4n) is 3.47. The number of aryl methyl sites for hydroxylation is 1. The molecule has 2 aliphatic rings. The van der Waals surface area contributed by atoms with Crippen molar-refractivity contribution in [3.8, 4) is 0 Å². The summed E-state index contributed by atoms with van der Waals surface area (Å²) in [4.78, 5) is 14.3. The zero-order chi connectivity index (χ0) is 18.0. The third-order valence-electron chi connectivity index (χ3n) is 4.55. The molecule has 0 aliphatic carbocycles. The number of morpholine rings is 1. The van der Waals surface area contributed by atoms with Crippen LogP contribution in [0.15, 0.2) is 35.9 Å². The molecule has 2 aliphatic heterocycles. The first kappa shape index (κ1) is 17.9. The normalized spacial score (nSPS) is 23.2. The molecule has 2 atom stereocenters. The monoisotopic (exact) mass is 347 g/mol. The van der Waals surface area contributed by atoms with Gasteiger partial charge >= 0.3 is 6.09 Å². The van der Waals surface area contributed by atoms with E-state index in [2.05, 4.69) is 6.08 Å². The van der Waals surface area contributed by atoms with E-state index >= 15 is 0 Å². The summed E-state index contributed by atoms with van der Waals surface area (Å²) in [6.07, 6.45) is 4.04. The van der Waals surface area contributed by atoms with E-state index in [4.69, 9.17) is 9.47 Å². The minimum atomic E-state index is -0.513. The molecular formula is C20H26FNO3. The number of carbonyl (C=O) groups excluding carboxylic acids is 1. The van der Waals surface area contributed by atoms with Crippen LogP contribution in [-0.4, -0.2) is 41.9 Å². The number of ether oxygens (including phenoxy) is 2. The van der Waals surface area contributed by atoms with Gasteiger partial charge in [0.15, 0.2) is 0 Å². The van der Waals surface area contributed by atoms with Crippen LogP contribution in [0.5, 0.6) is 0 Å². The van der Waals surface area contributed by atoms with E-state index in [9.17, 15) is 9.18 Å². The van der Waals surface area contributed by atoms with Crippen molar-refractivity contribution in [1.29, 1.82) is 0 Å². The SMILES string of the molecule is CC(C)(C)OC(=O)N1C2C=C(CCc3ccccc3F)CC1COC2. The van der Waals surface area contributed by atoms with Crippen LogP contribution in [0, 0.1) is 5.82 Å². The number of nitrogens with zero attached hydrogens (tertiary/aromatic N) is 1. The number of amides is 1. The van der Waals surface area contributed by atoms with Crippen LogP contribution in [0.2, 0.25) is 0 Å². The smallest absolute Gasteiger partial charge is 0.411 e. The van der Waals surface area contributed by atoms with Crippen molar-refractivity contribution in [2.24, 2.45) is 0 Å². The third kappa shape index (κ3) is 4.40. The Labute approximate surface area is 148 Å². The summed E-state index contributed by atoms with van der Waals surface area (Å²) in [7, 11) is 0. The molecule has 0 N–H and O–H groups in total. The van der Waals surface area contributed by atoms with Gasteiger partial charge in [0.2, 0.25) is 0 Å². The van der Waals surface area contributed by atoms with Crippen molar-refractivity contribution >= 4 is 6.09 Å². The topological polar surface area (TPSA) is 38.8 Å². The number of halogens is 1. The third-order valence-corrected chi connectivity index (χ3v) is 4.55. The van der Waals surface area contributed by atoms with E-state index in [1.54, 1.807) is 11.0 Å². The molecule has 1 amide bonds. The lowest BCUT2D eigenvalue weighted by molar-refractivity contribution is -0.0537. The maximum Gasteiger partial charge on any atom is 0.411 e. The second-order valence-corrected chi connectivity index (χ2v) is 7.77. The molecule has 2 heterocycles. The van der Waals surface area contributed by atoms with Crippen LogP contribution >= 0.6 is 0 Å². The fourth-order valence-corrected chi connectivity index (χ4v) is 3.47. The van der Waals surface area contributed by atoms with Gasteiger partial charge in [-0.05, 0) is 51.7 Å². The predicted octanol–water partition coefficient (Wildman–Crippen LogP) is 4.09. The minimum absolute atomic E-state index is 0.00535. The highest BCUT2D eigenvalue weighted by Crippen LogP contribution is 2.31. The average Bonchev–Trinajstić information content (AvgIpc) is 2.51. The van der Waals surface area contributed by atoms with E-state index in [-0.39, 0.29) is 24.0 Å². The molecule has 1 saturated heterocycles. The van der Waals surface area contributed by atoms with Crippen molar-refractivity contribution in [3.05, 3.63) is 47.3 Å². The number of benzene rings is 1. The second-order valence-electron chi connectivity index (χ2n) is 7.77. The van der Waals surface area contributed by atoms with Crippen LogP contribution < -0.4 is 0 Å². The van der Waals surface area contributed by atoms with Gasteiger partial charge in [-0.25, -0.2) is 9.18 Å². The molecule has 136 valence electrons. The lowest BCUT2D eigenvalue weighted by Crippen LogP contribution is -2.57. The minimum Gasteiger partial charge on any atom is -0.444 e. The van der Waals surface area contributed by atoms with Crippen molar-refractivity contribution in [3.63, 3.8) is 0 Å². The number of hydrogen-bond donors (Lipinski definition) is 0. The molecule has 3 rings (SSSR count). The molecule has 4 nitrogen and oxygen atoms in total. The van der Waals surface area contributed by atoms with E-state index < -0.39 is 5.60 Å². The van der Waals surface area contributed by atoms with Gasteiger partial charge in [-0.2, -0.15) is 0 Å². The van der Waals surface area contributed by atoms with Gasteiger partial charge in [-0.15, -0.1) is 0 Å². The Morgan fingerprint density at radius 1 is 1.28 bits per heavy atom. The van der Waals surface area contributed by atoms with Crippen LogP contribution in [0.3, 0.4) is 0 Å². The second kappa shape index (κ2) is 7.16. The van der Waals surface area contributed by atoms with E-state index in [0.29, 0.717) is 19.6 Å². The standard InChI is InChI=1S/C20H26FNO3/c1-20(2,3)25-19(23)22-16-10-14(11-17(22)13-24-12-16)8-9-15-6-4-5-7-18(15)21/h4-7,10,16-17H,8-9,11-13H2,1-3H3. The summed E-state index contributed by atoms with van der Waals surface area (Å²) >= 11 is 0. The Kier molecular flexibility index (Phi) is 5.13. The first-order valence-electron chi connectivity index (χ1n) is 8.85. The van der Waals surface area contributed by atoms with Crippen molar-refractivity contribution in [2.45, 2.75) is 57.7 Å². The summed E-state index contributed by atoms with van der Waals surface area (Å²) in [5, 5.41) is 0. The molecule has 0 radical (unpaired) electrons. The first-order valence-corrected chi connectivity index (χ1v) is 8.85. The Morgan fingerprint density at radius 3 is 2.72 bits per heavy atom.